The van der Waals surface area contributed by atoms with Gasteiger partial charge in [-0.3, -0.25) is 4.79 Å². The van der Waals surface area contributed by atoms with Gasteiger partial charge in [-0.25, -0.2) is 0 Å². The molecule has 6 atom stereocenters. The number of rotatable bonds is 1. The van der Waals surface area contributed by atoms with Crippen LogP contribution in [0.5, 0.6) is 0 Å². The highest BCUT2D eigenvalue weighted by Crippen LogP contribution is 2.70. The van der Waals surface area contributed by atoms with Gasteiger partial charge in [0, 0.05) is 12.8 Å². The molecule has 27 heavy (non-hydrogen) atoms. The van der Waals surface area contributed by atoms with Gasteiger partial charge in [-0.05, 0) is 73.7 Å². The molecular formula is C22H27F3O2. The van der Waals surface area contributed by atoms with Crippen LogP contribution < -0.4 is 0 Å². The number of hydrogen-bond acceptors (Lipinski definition) is 2. The van der Waals surface area contributed by atoms with Gasteiger partial charge in [0.2, 0.25) is 0 Å². The third kappa shape index (κ3) is 2.48. The van der Waals surface area contributed by atoms with Crippen LogP contribution in [0.1, 0.15) is 64.7 Å². The Morgan fingerprint density at radius 2 is 1.93 bits per heavy atom. The van der Waals surface area contributed by atoms with Crippen LogP contribution in [0.25, 0.3) is 0 Å². The first-order valence-electron chi connectivity index (χ1n) is 10.0. The van der Waals surface area contributed by atoms with Gasteiger partial charge in [0.1, 0.15) is 0 Å². The summed E-state index contributed by atoms with van der Waals surface area (Å²) in [5, 5.41) is 11.9. The van der Waals surface area contributed by atoms with Gasteiger partial charge < -0.3 is 5.11 Å². The van der Waals surface area contributed by atoms with Crippen LogP contribution in [0.4, 0.5) is 13.2 Å². The topological polar surface area (TPSA) is 37.3 Å². The predicted octanol–water partition coefficient (Wildman–Crippen LogP) is 4.82. The fraction of sp³-hybridized carbons (Fsp3) is 0.773. The SMILES string of the molecule is C#CC[C@]12CC[C@H]3[C@@](O)(CCC4=CC(=O)CC[C@@]43C)[C@@H]1CC[C@H]2C(F)(F)F. The molecule has 0 unspecified atom stereocenters. The fourth-order valence-corrected chi connectivity index (χ4v) is 7.45. The normalized spacial score (nSPS) is 46.7. The van der Waals surface area contributed by atoms with E-state index in [-0.39, 0.29) is 30.0 Å². The van der Waals surface area contributed by atoms with E-state index in [1.165, 1.54) is 0 Å². The molecule has 0 heterocycles. The zero-order chi connectivity index (χ0) is 19.7. The van der Waals surface area contributed by atoms with Crippen molar-refractivity contribution in [2.75, 3.05) is 0 Å². The smallest absolute Gasteiger partial charge is 0.389 e. The molecule has 0 spiro atoms. The molecule has 3 saturated carbocycles. The number of carbonyl (C=O) groups excluding carboxylic acids is 1. The Bertz CT molecular complexity index is 733. The summed E-state index contributed by atoms with van der Waals surface area (Å²) >= 11 is 0. The monoisotopic (exact) mass is 380 g/mol. The number of fused-ring (bicyclic) bond motifs is 5. The highest BCUT2D eigenvalue weighted by molar-refractivity contribution is 5.91. The highest BCUT2D eigenvalue weighted by atomic mass is 19.4. The number of hydrogen-bond donors (Lipinski definition) is 1. The van der Waals surface area contributed by atoms with Crippen LogP contribution in [0.15, 0.2) is 11.6 Å². The van der Waals surface area contributed by atoms with Crippen molar-refractivity contribution in [3.05, 3.63) is 11.6 Å². The number of halogens is 3. The Balaban J connectivity index is 1.77. The largest absolute Gasteiger partial charge is 0.392 e. The predicted molar refractivity (Wildman–Crippen MR) is 95.5 cm³/mol. The van der Waals surface area contributed by atoms with Gasteiger partial charge in [0.25, 0.3) is 0 Å². The summed E-state index contributed by atoms with van der Waals surface area (Å²) < 4.78 is 41.5. The summed E-state index contributed by atoms with van der Waals surface area (Å²) in [6, 6.07) is 0. The van der Waals surface area contributed by atoms with Gasteiger partial charge in [0.15, 0.2) is 5.78 Å². The quantitative estimate of drug-likeness (QED) is 0.663. The summed E-state index contributed by atoms with van der Waals surface area (Å²) in [4.78, 5) is 11.9. The van der Waals surface area contributed by atoms with Gasteiger partial charge in [-0.15, -0.1) is 12.3 Å². The number of allylic oxidation sites excluding steroid dienone is 1. The van der Waals surface area contributed by atoms with Crippen molar-refractivity contribution in [3.8, 4) is 12.3 Å². The molecule has 4 aliphatic rings. The van der Waals surface area contributed by atoms with Crippen molar-refractivity contribution in [2.45, 2.75) is 76.5 Å². The number of terminal acetylenes is 1. The number of aliphatic hydroxyl groups is 1. The van der Waals surface area contributed by atoms with Gasteiger partial charge in [0.05, 0.1) is 11.5 Å². The highest BCUT2D eigenvalue weighted by Gasteiger charge is 2.70. The van der Waals surface area contributed by atoms with Crippen molar-refractivity contribution in [2.24, 2.45) is 28.6 Å². The minimum Gasteiger partial charge on any atom is -0.389 e. The molecule has 4 rings (SSSR count). The van der Waals surface area contributed by atoms with Crippen molar-refractivity contribution >= 4 is 5.78 Å². The molecule has 0 aromatic carbocycles. The molecule has 0 bridgehead atoms. The zero-order valence-corrected chi connectivity index (χ0v) is 15.7. The van der Waals surface area contributed by atoms with E-state index in [2.05, 4.69) is 12.8 Å². The molecule has 148 valence electrons. The minimum absolute atomic E-state index is 0.0583. The Kier molecular flexibility index (Phi) is 4.14. The first kappa shape index (κ1) is 19.1. The lowest BCUT2D eigenvalue weighted by atomic mass is 9.44. The Labute approximate surface area is 158 Å². The minimum atomic E-state index is -4.28. The van der Waals surface area contributed by atoms with Crippen molar-refractivity contribution in [3.63, 3.8) is 0 Å². The average molecular weight is 380 g/mol. The fourth-order valence-electron chi connectivity index (χ4n) is 7.45. The van der Waals surface area contributed by atoms with E-state index in [0.717, 1.165) is 5.57 Å². The summed E-state index contributed by atoms with van der Waals surface area (Å²) in [5.74, 6) is 0.714. The van der Waals surface area contributed by atoms with Crippen LogP contribution in [0.2, 0.25) is 0 Å². The maximum absolute atomic E-state index is 13.8. The van der Waals surface area contributed by atoms with E-state index < -0.39 is 29.0 Å². The van der Waals surface area contributed by atoms with Crippen molar-refractivity contribution in [1.29, 1.82) is 0 Å². The lowest BCUT2D eigenvalue weighted by Gasteiger charge is -2.62. The third-order valence-corrected chi connectivity index (χ3v) is 8.59. The summed E-state index contributed by atoms with van der Waals surface area (Å²) in [6.07, 6.45) is 6.63. The Morgan fingerprint density at radius 1 is 1.19 bits per heavy atom. The second-order valence-corrected chi connectivity index (χ2v) is 9.47. The van der Waals surface area contributed by atoms with Crippen LogP contribution >= 0.6 is 0 Å². The second-order valence-electron chi connectivity index (χ2n) is 9.47. The first-order chi connectivity index (χ1) is 12.6. The summed E-state index contributed by atoms with van der Waals surface area (Å²) in [7, 11) is 0. The maximum Gasteiger partial charge on any atom is 0.392 e. The first-order valence-corrected chi connectivity index (χ1v) is 10.0. The Morgan fingerprint density at radius 3 is 2.59 bits per heavy atom. The maximum atomic E-state index is 13.8. The van der Waals surface area contributed by atoms with Crippen LogP contribution in [0, 0.1) is 40.9 Å². The molecule has 5 heteroatoms. The Hall–Kier alpha value is -1.28. The van der Waals surface area contributed by atoms with E-state index in [0.29, 0.717) is 44.9 Å². The van der Waals surface area contributed by atoms with E-state index in [1.807, 2.05) is 0 Å². The molecule has 0 aromatic rings. The molecule has 1 N–H and O–H groups in total. The van der Waals surface area contributed by atoms with E-state index in [1.54, 1.807) is 6.08 Å². The number of alkyl halides is 3. The van der Waals surface area contributed by atoms with Crippen molar-refractivity contribution < 1.29 is 23.1 Å². The third-order valence-electron chi connectivity index (χ3n) is 8.59. The molecule has 0 radical (unpaired) electrons. The van der Waals surface area contributed by atoms with Gasteiger partial charge in [-0.2, -0.15) is 13.2 Å². The molecule has 0 aliphatic heterocycles. The molecule has 2 nitrogen and oxygen atoms in total. The van der Waals surface area contributed by atoms with Crippen LogP contribution in [-0.2, 0) is 4.79 Å². The van der Waals surface area contributed by atoms with Gasteiger partial charge in [-0.1, -0.05) is 12.5 Å². The molecule has 0 amide bonds. The standard InChI is InChI=1S/C22H27F3O2/c1-3-9-20-11-8-16-19(2)10-7-15(26)13-14(19)6-12-21(16,27)17(20)4-5-18(20)22(23,24)25/h1,13,16-18,27H,4-12H2,2H3/t16-,17-,18-,19+,20+,21+/m1/s1. The lowest BCUT2D eigenvalue weighted by molar-refractivity contribution is -0.240. The summed E-state index contributed by atoms with van der Waals surface area (Å²) in [6.45, 7) is 2.10. The molecule has 0 aromatic heterocycles. The molecular weight excluding hydrogens is 353 g/mol. The van der Waals surface area contributed by atoms with Crippen LogP contribution in [0.3, 0.4) is 0 Å². The lowest BCUT2D eigenvalue weighted by Crippen LogP contribution is -2.63. The molecule has 0 saturated heterocycles. The van der Waals surface area contributed by atoms with E-state index >= 15 is 0 Å². The molecule has 3 fully saturated rings. The van der Waals surface area contributed by atoms with Crippen molar-refractivity contribution in [1.82, 2.24) is 0 Å². The summed E-state index contributed by atoms with van der Waals surface area (Å²) in [5.41, 5.74) is -1.37. The number of ketones is 1. The molecule has 4 aliphatic carbocycles. The van der Waals surface area contributed by atoms with Gasteiger partial charge >= 0.3 is 6.18 Å². The average Bonchev–Trinajstić information content (AvgIpc) is 2.97. The zero-order valence-electron chi connectivity index (χ0n) is 15.7. The van der Waals surface area contributed by atoms with Crippen LogP contribution in [-0.4, -0.2) is 22.7 Å². The van der Waals surface area contributed by atoms with E-state index in [4.69, 9.17) is 6.42 Å². The number of carbonyl (C=O) groups is 1. The van der Waals surface area contributed by atoms with E-state index in [9.17, 15) is 23.1 Å². The second kappa shape index (κ2) is 5.86.